The molecule has 5 heteroatoms. The fourth-order valence-corrected chi connectivity index (χ4v) is 4.04. The van der Waals surface area contributed by atoms with Crippen LogP contribution in [0.5, 0.6) is 0 Å². The van der Waals surface area contributed by atoms with Gasteiger partial charge in [-0.2, -0.15) is 0 Å². The molecule has 1 aliphatic heterocycles. The first-order valence-corrected chi connectivity index (χ1v) is 10.4. The molecule has 4 nitrogen and oxygen atoms in total. The normalized spacial score (nSPS) is 16.1. The van der Waals surface area contributed by atoms with Gasteiger partial charge in [0.25, 0.3) is 5.91 Å². The van der Waals surface area contributed by atoms with Crippen molar-refractivity contribution in [1.82, 2.24) is 4.90 Å². The monoisotopic (exact) mass is 461 g/mol. The molecular weight excluding hydrogens is 442 g/mol. The van der Waals surface area contributed by atoms with Crippen molar-refractivity contribution < 1.29 is 14.3 Å². The summed E-state index contributed by atoms with van der Waals surface area (Å²) in [5.74, 6) is -0.636. The van der Waals surface area contributed by atoms with E-state index in [1.165, 1.54) is 7.11 Å². The second-order valence-corrected chi connectivity index (χ2v) is 7.92. The summed E-state index contributed by atoms with van der Waals surface area (Å²) in [7, 11) is 1.35. The number of hydrogen-bond donors (Lipinski definition) is 0. The molecule has 0 spiro atoms. The van der Waals surface area contributed by atoms with Gasteiger partial charge in [0.15, 0.2) is 6.04 Å². The van der Waals surface area contributed by atoms with Crippen molar-refractivity contribution in [3.8, 4) is 0 Å². The fraction of sp³-hybridized carbons (Fsp3) is 0.120. The van der Waals surface area contributed by atoms with Gasteiger partial charge in [0.1, 0.15) is 0 Å². The molecule has 1 atom stereocenters. The lowest BCUT2D eigenvalue weighted by molar-refractivity contribution is -0.148. The van der Waals surface area contributed by atoms with Crippen molar-refractivity contribution >= 4 is 39.0 Å². The molecule has 0 aromatic heterocycles. The third kappa shape index (κ3) is 3.81. The Bertz CT molecular complexity index is 1090. The minimum atomic E-state index is -0.816. The second kappa shape index (κ2) is 8.67. The highest BCUT2D eigenvalue weighted by atomic mass is 79.9. The van der Waals surface area contributed by atoms with E-state index in [9.17, 15) is 9.59 Å². The van der Waals surface area contributed by atoms with Crippen LogP contribution in [-0.2, 0) is 20.9 Å². The largest absolute Gasteiger partial charge is 0.467 e. The number of amides is 1. The Balaban J connectivity index is 1.87. The van der Waals surface area contributed by atoms with Crippen molar-refractivity contribution in [3.05, 3.63) is 106 Å². The average molecular weight is 462 g/mol. The highest BCUT2D eigenvalue weighted by molar-refractivity contribution is 9.10. The highest BCUT2D eigenvalue weighted by Crippen LogP contribution is 2.40. The standard InChI is InChI=1S/C25H20BrNO3/c1-30-25(29)23-21(18-8-4-2-5-9-18)22(19-10-6-3-7-11-19)24(28)27(23)16-17-12-14-20(26)15-13-17/h2-15,23H,16H2,1H3. The van der Waals surface area contributed by atoms with Gasteiger partial charge in [0.05, 0.1) is 12.7 Å². The van der Waals surface area contributed by atoms with Gasteiger partial charge in [-0.25, -0.2) is 4.79 Å². The Kier molecular flexibility index (Phi) is 5.81. The van der Waals surface area contributed by atoms with Crippen molar-refractivity contribution in [2.24, 2.45) is 0 Å². The maximum Gasteiger partial charge on any atom is 0.333 e. The van der Waals surface area contributed by atoms with Crippen LogP contribution in [0.1, 0.15) is 16.7 Å². The Morgan fingerprint density at radius 1 is 0.900 bits per heavy atom. The van der Waals surface area contributed by atoms with Crippen molar-refractivity contribution in [3.63, 3.8) is 0 Å². The predicted octanol–water partition coefficient (Wildman–Crippen LogP) is 4.94. The number of ether oxygens (including phenoxy) is 1. The Morgan fingerprint density at radius 2 is 1.47 bits per heavy atom. The number of carbonyl (C=O) groups is 2. The summed E-state index contributed by atoms with van der Waals surface area (Å²) in [6.45, 7) is 0.304. The topological polar surface area (TPSA) is 46.6 Å². The molecule has 0 saturated heterocycles. The van der Waals surface area contributed by atoms with Gasteiger partial charge < -0.3 is 9.64 Å². The number of rotatable bonds is 5. The van der Waals surface area contributed by atoms with E-state index >= 15 is 0 Å². The van der Waals surface area contributed by atoms with Gasteiger partial charge in [0, 0.05) is 16.6 Å². The van der Waals surface area contributed by atoms with Gasteiger partial charge in [-0.1, -0.05) is 88.7 Å². The summed E-state index contributed by atoms with van der Waals surface area (Å²) in [6.07, 6.45) is 0. The average Bonchev–Trinajstić information content (AvgIpc) is 3.08. The van der Waals surface area contributed by atoms with E-state index in [-0.39, 0.29) is 5.91 Å². The summed E-state index contributed by atoms with van der Waals surface area (Å²) in [5, 5.41) is 0. The van der Waals surface area contributed by atoms with Crippen LogP contribution in [0, 0.1) is 0 Å². The van der Waals surface area contributed by atoms with Crippen molar-refractivity contribution in [1.29, 1.82) is 0 Å². The van der Waals surface area contributed by atoms with Crippen LogP contribution in [0.25, 0.3) is 11.1 Å². The smallest absolute Gasteiger partial charge is 0.333 e. The molecule has 0 aliphatic carbocycles. The Hall–Kier alpha value is -3.18. The molecule has 0 fully saturated rings. The van der Waals surface area contributed by atoms with Gasteiger partial charge >= 0.3 is 5.97 Å². The quantitative estimate of drug-likeness (QED) is 0.505. The van der Waals surface area contributed by atoms with E-state index in [0.717, 1.165) is 21.2 Å². The summed E-state index contributed by atoms with van der Waals surface area (Å²) in [6, 6.07) is 26.0. The van der Waals surface area contributed by atoms with Crippen LogP contribution < -0.4 is 0 Å². The third-order valence-electron chi connectivity index (χ3n) is 5.17. The van der Waals surface area contributed by atoms with Crippen LogP contribution in [0.4, 0.5) is 0 Å². The zero-order chi connectivity index (χ0) is 21.1. The summed E-state index contributed by atoms with van der Waals surface area (Å²) in [5.41, 5.74) is 3.76. The third-order valence-corrected chi connectivity index (χ3v) is 5.70. The first-order chi connectivity index (χ1) is 14.6. The number of carbonyl (C=O) groups excluding carboxylic acids is 2. The SMILES string of the molecule is COC(=O)C1C(c2ccccc2)=C(c2ccccc2)C(=O)N1Cc1ccc(Br)cc1. The van der Waals surface area contributed by atoms with Crippen LogP contribution in [-0.4, -0.2) is 29.9 Å². The lowest BCUT2D eigenvalue weighted by atomic mass is 9.93. The molecule has 1 amide bonds. The number of esters is 1. The fourth-order valence-electron chi connectivity index (χ4n) is 3.78. The van der Waals surface area contributed by atoms with Gasteiger partial charge in [-0.05, 0) is 28.8 Å². The molecule has 0 N–H and O–H groups in total. The Morgan fingerprint density at radius 3 is 2.03 bits per heavy atom. The summed E-state index contributed by atoms with van der Waals surface area (Å²) < 4.78 is 6.09. The van der Waals surface area contributed by atoms with E-state index < -0.39 is 12.0 Å². The van der Waals surface area contributed by atoms with Crippen molar-refractivity contribution in [2.45, 2.75) is 12.6 Å². The molecule has 150 valence electrons. The van der Waals surface area contributed by atoms with E-state index in [1.807, 2.05) is 84.9 Å². The highest BCUT2D eigenvalue weighted by Gasteiger charge is 2.44. The molecule has 3 aromatic carbocycles. The Labute approximate surface area is 183 Å². The molecule has 0 saturated carbocycles. The molecule has 1 aliphatic rings. The number of methoxy groups -OCH3 is 1. The number of nitrogens with zero attached hydrogens (tertiary/aromatic N) is 1. The zero-order valence-corrected chi connectivity index (χ0v) is 18.0. The van der Waals surface area contributed by atoms with Crippen molar-refractivity contribution in [2.75, 3.05) is 7.11 Å². The molecule has 0 radical (unpaired) electrons. The second-order valence-electron chi connectivity index (χ2n) is 7.01. The van der Waals surface area contributed by atoms with Crippen LogP contribution in [0.2, 0.25) is 0 Å². The first-order valence-electron chi connectivity index (χ1n) is 9.58. The molecule has 1 heterocycles. The van der Waals surface area contributed by atoms with E-state index in [0.29, 0.717) is 17.7 Å². The molecule has 1 unspecified atom stereocenters. The number of halogens is 1. The number of hydrogen-bond acceptors (Lipinski definition) is 3. The van der Waals surface area contributed by atoms with Gasteiger partial charge in [-0.15, -0.1) is 0 Å². The number of benzene rings is 3. The minimum absolute atomic E-state index is 0.182. The lowest BCUT2D eigenvalue weighted by Gasteiger charge is -2.25. The summed E-state index contributed by atoms with van der Waals surface area (Å²) in [4.78, 5) is 28.2. The molecule has 0 bridgehead atoms. The molecule has 3 aromatic rings. The molecule has 30 heavy (non-hydrogen) atoms. The minimum Gasteiger partial charge on any atom is -0.467 e. The zero-order valence-electron chi connectivity index (χ0n) is 16.4. The summed E-state index contributed by atoms with van der Waals surface area (Å²) >= 11 is 3.43. The van der Waals surface area contributed by atoms with E-state index in [2.05, 4.69) is 15.9 Å². The maximum absolute atomic E-state index is 13.6. The van der Waals surface area contributed by atoms with Crippen LogP contribution in [0.15, 0.2) is 89.4 Å². The van der Waals surface area contributed by atoms with Crippen LogP contribution in [0.3, 0.4) is 0 Å². The molecular formula is C25H20BrNO3. The first kappa shape index (κ1) is 20.1. The molecule has 4 rings (SSSR count). The predicted molar refractivity (Wildman–Crippen MR) is 120 cm³/mol. The van der Waals surface area contributed by atoms with Crippen LogP contribution >= 0.6 is 15.9 Å². The van der Waals surface area contributed by atoms with Gasteiger partial charge in [0.2, 0.25) is 0 Å². The maximum atomic E-state index is 13.6. The van der Waals surface area contributed by atoms with E-state index in [1.54, 1.807) is 4.90 Å². The van der Waals surface area contributed by atoms with Gasteiger partial charge in [-0.3, -0.25) is 4.79 Å². The van der Waals surface area contributed by atoms with E-state index in [4.69, 9.17) is 4.74 Å². The lowest BCUT2D eigenvalue weighted by Crippen LogP contribution is -2.41.